The Kier molecular flexibility index (Phi) is 5.76. The van der Waals surface area contributed by atoms with Gasteiger partial charge in [-0.15, -0.1) is 0 Å². The first-order valence-corrected chi connectivity index (χ1v) is 9.58. The molecule has 0 aliphatic carbocycles. The summed E-state index contributed by atoms with van der Waals surface area (Å²) in [4.78, 5) is 33.5. The molecule has 0 aliphatic rings. The molecule has 1 atom stereocenters. The normalized spacial score (nSPS) is 12.1. The first-order chi connectivity index (χ1) is 15.4. The molecule has 2 aromatic carbocycles. The van der Waals surface area contributed by atoms with E-state index in [9.17, 15) is 22.8 Å². The number of aromatic nitrogens is 4. The lowest BCUT2D eigenvalue weighted by atomic mass is 9.86. The van der Waals surface area contributed by atoms with Gasteiger partial charge in [-0.05, 0) is 23.3 Å². The summed E-state index contributed by atoms with van der Waals surface area (Å²) < 4.78 is 46.1. The summed E-state index contributed by atoms with van der Waals surface area (Å²) in [6.45, 7) is 0. The number of halogens is 3. The minimum Gasteiger partial charge on any atom is -0.469 e. The number of hydrogen-bond donors (Lipinski definition) is 2. The highest BCUT2D eigenvalue weighted by Crippen LogP contribution is 2.33. The van der Waals surface area contributed by atoms with Crippen LogP contribution >= 0.6 is 0 Å². The average Bonchev–Trinajstić information content (AvgIpc) is 3.15. The molecule has 0 bridgehead atoms. The van der Waals surface area contributed by atoms with Crippen molar-refractivity contribution < 1.29 is 22.7 Å². The first-order valence-electron chi connectivity index (χ1n) is 9.58. The van der Waals surface area contributed by atoms with Crippen molar-refractivity contribution in [2.75, 3.05) is 7.11 Å². The smallest absolute Gasteiger partial charge is 0.306 e. The van der Waals surface area contributed by atoms with Gasteiger partial charge in [0.15, 0.2) is 11.6 Å². The molecule has 4 rings (SSSR count). The van der Waals surface area contributed by atoms with Crippen LogP contribution in [0, 0.1) is 17.5 Å². The molecule has 32 heavy (non-hydrogen) atoms. The summed E-state index contributed by atoms with van der Waals surface area (Å²) >= 11 is 0. The Morgan fingerprint density at radius 3 is 2.59 bits per heavy atom. The van der Waals surface area contributed by atoms with Crippen molar-refractivity contribution in [2.45, 2.75) is 18.8 Å². The van der Waals surface area contributed by atoms with Gasteiger partial charge in [0.1, 0.15) is 5.82 Å². The van der Waals surface area contributed by atoms with Gasteiger partial charge >= 0.3 is 5.97 Å². The zero-order valence-corrected chi connectivity index (χ0v) is 16.8. The fraction of sp³-hybridized carbons (Fsp3) is 0.182. The predicted octanol–water partition coefficient (Wildman–Crippen LogP) is 3.35. The third-order valence-corrected chi connectivity index (χ3v) is 5.21. The number of fused-ring (bicyclic) bond motifs is 1. The Bertz CT molecular complexity index is 1360. The summed E-state index contributed by atoms with van der Waals surface area (Å²) in [6.07, 6.45) is 2.55. The Balaban J connectivity index is 1.86. The van der Waals surface area contributed by atoms with Crippen molar-refractivity contribution in [2.24, 2.45) is 0 Å². The average molecular weight is 442 g/mol. The summed E-state index contributed by atoms with van der Waals surface area (Å²) in [6, 6.07) is 6.34. The second kappa shape index (κ2) is 8.66. The van der Waals surface area contributed by atoms with Crippen molar-refractivity contribution in [3.63, 3.8) is 0 Å². The summed E-state index contributed by atoms with van der Waals surface area (Å²) in [5.41, 5.74) is 1.23. The van der Waals surface area contributed by atoms with Gasteiger partial charge in [0, 0.05) is 42.1 Å². The number of benzene rings is 2. The molecule has 0 unspecified atom stereocenters. The molecule has 0 saturated carbocycles. The van der Waals surface area contributed by atoms with Crippen LogP contribution in [-0.4, -0.2) is 33.2 Å². The summed E-state index contributed by atoms with van der Waals surface area (Å²) in [5, 5.41) is 5.10. The van der Waals surface area contributed by atoms with Gasteiger partial charge in [0.2, 0.25) is 0 Å². The molecule has 7 nitrogen and oxygen atoms in total. The molecule has 0 fully saturated rings. The minimum atomic E-state index is -1.31. The second-order valence-electron chi connectivity index (χ2n) is 7.11. The number of carbonyl (C=O) groups excluding carboxylic acids is 1. The van der Waals surface area contributed by atoms with E-state index < -0.39 is 34.9 Å². The Morgan fingerprint density at radius 1 is 1.06 bits per heavy atom. The molecule has 0 saturated heterocycles. The molecule has 0 radical (unpaired) electrons. The van der Waals surface area contributed by atoms with Gasteiger partial charge in [0.05, 0.1) is 24.6 Å². The van der Waals surface area contributed by atoms with E-state index in [4.69, 9.17) is 4.74 Å². The monoisotopic (exact) mass is 442 g/mol. The third kappa shape index (κ3) is 3.98. The van der Waals surface area contributed by atoms with Crippen LogP contribution in [0.25, 0.3) is 11.0 Å². The van der Waals surface area contributed by atoms with E-state index in [-0.39, 0.29) is 29.7 Å². The van der Waals surface area contributed by atoms with E-state index in [0.717, 1.165) is 6.07 Å². The quantitative estimate of drug-likeness (QED) is 0.352. The largest absolute Gasteiger partial charge is 0.469 e. The highest BCUT2D eigenvalue weighted by Gasteiger charge is 2.28. The zero-order valence-electron chi connectivity index (χ0n) is 16.8. The van der Waals surface area contributed by atoms with Gasteiger partial charge in [-0.2, -0.15) is 0 Å². The van der Waals surface area contributed by atoms with Gasteiger partial charge in [0.25, 0.3) is 5.56 Å². The number of hydrogen-bond acceptors (Lipinski definition) is 5. The summed E-state index contributed by atoms with van der Waals surface area (Å²) in [5.74, 6) is -4.89. The van der Waals surface area contributed by atoms with Crippen LogP contribution in [-0.2, 0) is 16.0 Å². The molecule has 0 spiro atoms. The number of nitrogens with zero attached hydrogens (tertiary/aromatic N) is 2. The van der Waals surface area contributed by atoms with Crippen LogP contribution in [0.3, 0.4) is 0 Å². The van der Waals surface area contributed by atoms with Crippen molar-refractivity contribution >= 4 is 17.0 Å². The van der Waals surface area contributed by atoms with Crippen LogP contribution < -0.4 is 5.56 Å². The lowest BCUT2D eigenvalue weighted by Crippen LogP contribution is -2.18. The fourth-order valence-corrected chi connectivity index (χ4v) is 3.72. The Labute approximate surface area is 179 Å². The van der Waals surface area contributed by atoms with Gasteiger partial charge in [-0.1, -0.05) is 12.1 Å². The van der Waals surface area contributed by atoms with Crippen LogP contribution in [0.2, 0.25) is 0 Å². The number of nitrogens with one attached hydrogen (secondary N) is 2. The molecule has 0 aliphatic heterocycles. The van der Waals surface area contributed by atoms with Gasteiger partial charge < -0.3 is 9.84 Å². The van der Waals surface area contributed by atoms with Gasteiger partial charge in [-0.3, -0.25) is 24.7 Å². The van der Waals surface area contributed by atoms with Gasteiger partial charge in [-0.25, -0.2) is 13.2 Å². The number of aromatic amines is 2. The van der Waals surface area contributed by atoms with Crippen molar-refractivity contribution in [3.05, 3.63) is 92.9 Å². The Morgan fingerprint density at radius 2 is 1.81 bits per heavy atom. The zero-order chi connectivity index (χ0) is 22.8. The third-order valence-electron chi connectivity index (χ3n) is 5.21. The van der Waals surface area contributed by atoms with E-state index in [1.165, 1.54) is 19.5 Å². The van der Waals surface area contributed by atoms with E-state index in [1.807, 2.05) is 0 Å². The number of H-pyrrole nitrogens is 2. The second-order valence-corrected chi connectivity index (χ2v) is 7.11. The highest BCUT2D eigenvalue weighted by molar-refractivity contribution is 5.80. The number of ether oxygens (including phenoxy) is 1. The maximum absolute atomic E-state index is 14.3. The Hall–Kier alpha value is -3.95. The molecule has 164 valence electrons. The molecule has 0 amide bonds. The number of para-hydroxylation sites is 1. The van der Waals surface area contributed by atoms with Crippen LogP contribution in [0.1, 0.15) is 34.7 Å². The van der Waals surface area contributed by atoms with Crippen molar-refractivity contribution in [1.82, 2.24) is 20.2 Å². The predicted molar refractivity (Wildman–Crippen MR) is 109 cm³/mol. The number of esters is 1. The van der Waals surface area contributed by atoms with Crippen LogP contribution in [0.4, 0.5) is 13.2 Å². The number of methoxy groups -OCH3 is 1. The van der Waals surface area contributed by atoms with Crippen molar-refractivity contribution in [3.8, 4) is 0 Å². The van der Waals surface area contributed by atoms with E-state index in [1.54, 1.807) is 18.2 Å². The maximum Gasteiger partial charge on any atom is 0.306 e. The SMILES string of the molecule is COC(=O)C[C@@H](c1c(Cc2cc(F)c(F)cc2F)[nH][nH]c1=O)c1cccc2nccnc12. The van der Waals surface area contributed by atoms with Crippen molar-refractivity contribution in [1.29, 1.82) is 0 Å². The maximum atomic E-state index is 14.3. The fourth-order valence-electron chi connectivity index (χ4n) is 3.72. The summed E-state index contributed by atoms with van der Waals surface area (Å²) in [7, 11) is 1.22. The number of carbonyl (C=O) groups is 1. The molecule has 2 aromatic heterocycles. The lowest BCUT2D eigenvalue weighted by molar-refractivity contribution is -0.140. The molecular weight excluding hydrogens is 425 g/mol. The first kappa shape index (κ1) is 21.3. The minimum absolute atomic E-state index is 0.137. The van der Waals surface area contributed by atoms with E-state index in [0.29, 0.717) is 22.7 Å². The topological polar surface area (TPSA) is 101 Å². The van der Waals surface area contributed by atoms with E-state index >= 15 is 0 Å². The molecular formula is C22H17F3N4O3. The lowest BCUT2D eigenvalue weighted by Gasteiger charge is -2.18. The molecule has 4 aromatic rings. The molecule has 2 heterocycles. The standard InChI is InChI=1S/C22H17F3N4O3/c1-32-19(30)9-13(12-3-2-4-17-21(12)27-6-5-26-17)20-18(28-29-22(20)31)8-11-7-15(24)16(25)10-14(11)23/h2-7,10,13H,8-9H2,1H3,(H2,28,29,31)/t13-/m1/s1. The number of rotatable bonds is 6. The van der Waals surface area contributed by atoms with E-state index in [2.05, 4.69) is 20.2 Å². The molecule has 10 heteroatoms. The van der Waals surface area contributed by atoms with Crippen LogP contribution in [0.15, 0.2) is 47.5 Å². The molecule has 2 N–H and O–H groups in total. The highest BCUT2D eigenvalue weighted by atomic mass is 19.2. The van der Waals surface area contributed by atoms with Crippen LogP contribution in [0.5, 0.6) is 0 Å².